The number of aryl methyl sites for hydroxylation is 3. The molecule has 0 saturated heterocycles. The zero-order valence-electron chi connectivity index (χ0n) is 11.5. The number of benzene rings is 1. The smallest absolute Gasteiger partial charge is 0.0995 e. The Kier molecular flexibility index (Phi) is 4.57. The van der Waals surface area contributed by atoms with Gasteiger partial charge in [-0.3, -0.25) is 0 Å². The number of hydrogen-bond donors (Lipinski definition) is 1. The highest BCUT2D eigenvalue weighted by Gasteiger charge is 2.21. The highest BCUT2D eigenvalue weighted by molar-refractivity contribution is 7.20. The Bertz CT molecular complexity index is 581. The second kappa shape index (κ2) is 5.84. The van der Waals surface area contributed by atoms with E-state index in [1.165, 1.54) is 33.6 Å². The van der Waals surface area contributed by atoms with Crippen LogP contribution in [0.2, 0.25) is 8.67 Å². The maximum atomic E-state index is 6.30. The van der Waals surface area contributed by atoms with Crippen molar-refractivity contribution in [1.82, 2.24) is 5.32 Å². The number of rotatable bonds is 3. The number of hydrogen-bond acceptors (Lipinski definition) is 2. The molecule has 4 heteroatoms. The van der Waals surface area contributed by atoms with Crippen LogP contribution in [0.15, 0.2) is 18.2 Å². The third-order valence-electron chi connectivity index (χ3n) is 3.31. The summed E-state index contributed by atoms with van der Waals surface area (Å²) in [5.74, 6) is 0. The molecule has 1 unspecified atom stereocenters. The summed E-state index contributed by atoms with van der Waals surface area (Å²) in [6.45, 7) is 6.40. The van der Waals surface area contributed by atoms with Gasteiger partial charge in [0.15, 0.2) is 0 Å². The molecule has 19 heavy (non-hydrogen) atoms. The third kappa shape index (κ3) is 2.97. The van der Waals surface area contributed by atoms with Gasteiger partial charge in [-0.15, -0.1) is 11.3 Å². The molecule has 1 aromatic heterocycles. The van der Waals surface area contributed by atoms with E-state index in [1.54, 1.807) is 0 Å². The van der Waals surface area contributed by atoms with E-state index in [9.17, 15) is 0 Å². The van der Waals surface area contributed by atoms with Gasteiger partial charge >= 0.3 is 0 Å². The summed E-state index contributed by atoms with van der Waals surface area (Å²) in [5.41, 5.74) is 6.16. The summed E-state index contributed by atoms with van der Waals surface area (Å²) in [4.78, 5) is 0. The lowest BCUT2D eigenvalue weighted by Gasteiger charge is -2.21. The molecule has 1 nitrogen and oxygen atoms in total. The molecule has 0 fully saturated rings. The Morgan fingerprint density at radius 2 is 1.63 bits per heavy atom. The standard InChI is InChI=1S/C15H17Cl2NS/c1-8-5-9(2)13(10(3)6-8)14(18-4)11-7-12(16)19-15(11)17/h5-7,14,18H,1-4H3. The maximum Gasteiger partial charge on any atom is 0.0995 e. The van der Waals surface area contributed by atoms with Crippen molar-refractivity contribution in [3.63, 3.8) is 0 Å². The van der Waals surface area contributed by atoms with Gasteiger partial charge in [-0.1, -0.05) is 40.9 Å². The predicted octanol–water partition coefficient (Wildman–Crippen LogP) is 5.29. The first-order chi connectivity index (χ1) is 8.93. The van der Waals surface area contributed by atoms with Gasteiger partial charge in [-0.05, 0) is 50.6 Å². The molecular formula is C15H17Cl2NS. The fraction of sp³-hybridized carbons (Fsp3) is 0.333. The van der Waals surface area contributed by atoms with Crippen LogP contribution in [0.4, 0.5) is 0 Å². The third-order valence-corrected chi connectivity index (χ3v) is 4.83. The van der Waals surface area contributed by atoms with Crippen LogP contribution in [0, 0.1) is 20.8 Å². The van der Waals surface area contributed by atoms with Crippen LogP contribution >= 0.6 is 34.5 Å². The van der Waals surface area contributed by atoms with Crippen molar-refractivity contribution in [3.05, 3.63) is 54.7 Å². The van der Waals surface area contributed by atoms with Crippen molar-refractivity contribution in [2.75, 3.05) is 7.05 Å². The molecule has 1 atom stereocenters. The van der Waals surface area contributed by atoms with E-state index in [0.717, 1.165) is 14.2 Å². The van der Waals surface area contributed by atoms with Crippen molar-refractivity contribution in [2.45, 2.75) is 26.8 Å². The lowest BCUT2D eigenvalue weighted by molar-refractivity contribution is 0.685. The first-order valence-electron chi connectivity index (χ1n) is 6.13. The molecular weight excluding hydrogens is 297 g/mol. The molecule has 0 radical (unpaired) electrons. The van der Waals surface area contributed by atoms with Crippen molar-refractivity contribution in [3.8, 4) is 0 Å². The van der Waals surface area contributed by atoms with Crippen molar-refractivity contribution in [1.29, 1.82) is 0 Å². The number of nitrogens with one attached hydrogen (secondary N) is 1. The second-order valence-electron chi connectivity index (χ2n) is 4.81. The SMILES string of the molecule is CNC(c1cc(Cl)sc1Cl)c1c(C)cc(C)cc1C. The monoisotopic (exact) mass is 313 g/mol. The Morgan fingerprint density at radius 1 is 1.05 bits per heavy atom. The summed E-state index contributed by atoms with van der Waals surface area (Å²) in [6, 6.07) is 6.44. The van der Waals surface area contributed by atoms with Gasteiger partial charge in [-0.25, -0.2) is 0 Å². The lowest BCUT2D eigenvalue weighted by Crippen LogP contribution is -2.19. The van der Waals surface area contributed by atoms with Gasteiger partial charge in [-0.2, -0.15) is 0 Å². The molecule has 0 bridgehead atoms. The zero-order valence-corrected chi connectivity index (χ0v) is 13.8. The molecule has 0 aliphatic rings. The minimum absolute atomic E-state index is 0.0804. The molecule has 0 aliphatic carbocycles. The topological polar surface area (TPSA) is 12.0 Å². The van der Waals surface area contributed by atoms with E-state index in [2.05, 4.69) is 38.2 Å². The highest BCUT2D eigenvalue weighted by atomic mass is 35.5. The second-order valence-corrected chi connectivity index (χ2v) is 7.10. The van der Waals surface area contributed by atoms with E-state index < -0.39 is 0 Å². The van der Waals surface area contributed by atoms with Crippen molar-refractivity contribution in [2.24, 2.45) is 0 Å². The summed E-state index contributed by atoms with van der Waals surface area (Å²) < 4.78 is 1.48. The Morgan fingerprint density at radius 3 is 2.05 bits per heavy atom. The summed E-state index contributed by atoms with van der Waals surface area (Å²) in [7, 11) is 1.95. The van der Waals surface area contributed by atoms with E-state index in [-0.39, 0.29) is 6.04 Å². The average molecular weight is 314 g/mol. The molecule has 2 rings (SSSR count). The average Bonchev–Trinajstić information content (AvgIpc) is 2.62. The first kappa shape index (κ1) is 14.9. The van der Waals surface area contributed by atoms with Crippen molar-refractivity contribution < 1.29 is 0 Å². The van der Waals surface area contributed by atoms with Gasteiger partial charge in [0, 0.05) is 5.56 Å². The van der Waals surface area contributed by atoms with E-state index in [0.29, 0.717) is 0 Å². The quantitative estimate of drug-likeness (QED) is 0.812. The molecule has 1 aromatic carbocycles. The normalized spacial score (nSPS) is 12.7. The van der Waals surface area contributed by atoms with E-state index in [1.807, 2.05) is 13.1 Å². The predicted molar refractivity (Wildman–Crippen MR) is 85.9 cm³/mol. The Hall–Kier alpha value is -0.540. The largest absolute Gasteiger partial charge is 0.309 e. The van der Waals surface area contributed by atoms with Crippen LogP contribution in [0.25, 0.3) is 0 Å². The van der Waals surface area contributed by atoms with Gasteiger partial charge in [0.1, 0.15) is 0 Å². The molecule has 0 amide bonds. The summed E-state index contributed by atoms with van der Waals surface area (Å²) in [6.07, 6.45) is 0. The molecule has 0 aliphatic heterocycles. The minimum Gasteiger partial charge on any atom is -0.309 e. The van der Waals surface area contributed by atoms with E-state index in [4.69, 9.17) is 23.2 Å². The van der Waals surface area contributed by atoms with Crippen molar-refractivity contribution >= 4 is 34.5 Å². The summed E-state index contributed by atoms with van der Waals surface area (Å²) in [5, 5.41) is 3.35. The molecule has 0 saturated carbocycles. The first-order valence-corrected chi connectivity index (χ1v) is 7.71. The fourth-order valence-corrected chi connectivity index (χ4v) is 4.18. The van der Waals surface area contributed by atoms with Gasteiger partial charge in [0.2, 0.25) is 0 Å². The molecule has 0 spiro atoms. The number of thiophene rings is 1. The van der Waals surface area contributed by atoms with Gasteiger partial charge in [0.05, 0.1) is 14.7 Å². The van der Waals surface area contributed by atoms with Gasteiger partial charge < -0.3 is 5.32 Å². The van der Waals surface area contributed by atoms with E-state index >= 15 is 0 Å². The Balaban J connectivity index is 2.57. The maximum absolute atomic E-state index is 6.30. The van der Waals surface area contributed by atoms with Crippen LogP contribution < -0.4 is 5.32 Å². The zero-order chi connectivity index (χ0) is 14.2. The number of halogens is 2. The fourth-order valence-electron chi connectivity index (χ4n) is 2.65. The minimum atomic E-state index is 0.0804. The van der Waals surface area contributed by atoms with Crippen LogP contribution in [-0.4, -0.2) is 7.05 Å². The molecule has 1 N–H and O–H groups in total. The lowest BCUT2D eigenvalue weighted by atomic mass is 9.91. The van der Waals surface area contributed by atoms with Crippen LogP contribution in [0.5, 0.6) is 0 Å². The molecule has 102 valence electrons. The summed E-state index contributed by atoms with van der Waals surface area (Å²) >= 11 is 13.8. The molecule has 1 heterocycles. The highest BCUT2D eigenvalue weighted by Crippen LogP contribution is 2.39. The van der Waals surface area contributed by atoms with Crippen LogP contribution in [-0.2, 0) is 0 Å². The van der Waals surface area contributed by atoms with Crippen LogP contribution in [0.1, 0.15) is 33.9 Å². The molecule has 2 aromatic rings. The van der Waals surface area contributed by atoms with Crippen LogP contribution in [0.3, 0.4) is 0 Å². The van der Waals surface area contributed by atoms with Gasteiger partial charge in [0.25, 0.3) is 0 Å². The Labute approximate surface area is 128 Å².